The van der Waals surface area contributed by atoms with Crippen LogP contribution in [0.5, 0.6) is 0 Å². The molecular weight excluding hydrogens is 267 g/mol. The number of hydrogen-bond donors (Lipinski definition) is 3. The summed E-state index contributed by atoms with van der Waals surface area (Å²) in [5.41, 5.74) is 5.94. The third-order valence-electron chi connectivity index (χ3n) is 2.13. The number of nitrogens with two attached hydrogens (primary N) is 1. The van der Waals surface area contributed by atoms with Crippen molar-refractivity contribution in [2.45, 2.75) is 19.0 Å². The predicted octanol–water partition coefficient (Wildman–Crippen LogP) is 2.44. The number of halogens is 3. The average Bonchev–Trinajstić information content (AvgIpc) is 2.64. The number of thiophene rings is 1. The van der Waals surface area contributed by atoms with Crippen molar-refractivity contribution in [3.05, 3.63) is 10.9 Å². The second kappa shape index (κ2) is 5.94. The quantitative estimate of drug-likeness (QED) is 0.726. The summed E-state index contributed by atoms with van der Waals surface area (Å²) in [4.78, 5) is 11.7. The highest BCUT2D eigenvalue weighted by Crippen LogP contribution is 2.29. The molecule has 0 unspecified atom stereocenters. The lowest BCUT2D eigenvalue weighted by Crippen LogP contribution is -2.17. The molecule has 1 amide bonds. The van der Waals surface area contributed by atoms with E-state index in [0.29, 0.717) is 15.6 Å². The summed E-state index contributed by atoms with van der Waals surface area (Å²) in [5, 5.41) is 5.84. The summed E-state index contributed by atoms with van der Waals surface area (Å²) in [6.45, 7) is 0.187. The highest BCUT2D eigenvalue weighted by atomic mass is 32.1. The van der Waals surface area contributed by atoms with E-state index in [0.717, 1.165) is 11.3 Å². The number of anilines is 2. The minimum atomic E-state index is -4.14. The molecule has 1 rings (SSSR count). The smallest absolute Gasteiger partial charge is 0.389 e. The van der Waals surface area contributed by atoms with Gasteiger partial charge in [-0.3, -0.25) is 4.79 Å². The summed E-state index contributed by atoms with van der Waals surface area (Å²) in [7, 11) is 1.48. The molecule has 0 aliphatic rings. The Bertz CT molecular complexity index is 417. The fourth-order valence-corrected chi connectivity index (χ4v) is 2.24. The first-order valence-corrected chi connectivity index (χ1v) is 6.07. The van der Waals surface area contributed by atoms with E-state index in [9.17, 15) is 18.0 Å². The van der Waals surface area contributed by atoms with Crippen LogP contribution in [-0.4, -0.2) is 25.7 Å². The van der Waals surface area contributed by atoms with E-state index in [2.05, 4.69) is 10.6 Å². The maximum Gasteiger partial charge on any atom is 0.389 e. The van der Waals surface area contributed by atoms with Crippen molar-refractivity contribution >= 4 is 27.9 Å². The van der Waals surface area contributed by atoms with E-state index in [1.54, 1.807) is 6.07 Å². The normalized spacial score (nSPS) is 11.3. The highest BCUT2D eigenvalue weighted by molar-refractivity contribution is 7.18. The number of amides is 1. The molecule has 0 spiro atoms. The molecule has 0 radical (unpaired) electrons. The third kappa shape index (κ3) is 4.44. The molecule has 0 atom stereocenters. The molecule has 1 heterocycles. The first-order chi connectivity index (χ1) is 8.33. The summed E-state index contributed by atoms with van der Waals surface area (Å²) >= 11 is 1.12. The zero-order valence-corrected chi connectivity index (χ0v) is 10.5. The van der Waals surface area contributed by atoms with Gasteiger partial charge >= 0.3 is 6.18 Å². The summed E-state index contributed by atoms with van der Waals surface area (Å²) < 4.78 is 35.7. The fourth-order valence-electron chi connectivity index (χ4n) is 1.28. The fraction of sp³-hybridized carbons (Fsp3) is 0.500. The van der Waals surface area contributed by atoms with Crippen LogP contribution in [0.4, 0.5) is 23.9 Å². The van der Waals surface area contributed by atoms with Crippen molar-refractivity contribution in [1.29, 1.82) is 0 Å². The van der Waals surface area contributed by atoms with Crippen molar-refractivity contribution in [1.82, 2.24) is 5.32 Å². The predicted molar refractivity (Wildman–Crippen MR) is 65.9 cm³/mol. The van der Waals surface area contributed by atoms with Gasteiger partial charge < -0.3 is 16.4 Å². The highest BCUT2D eigenvalue weighted by Gasteiger charge is 2.25. The summed E-state index contributed by atoms with van der Waals surface area (Å²) in [6.07, 6.45) is -4.98. The van der Waals surface area contributed by atoms with Gasteiger partial charge in [0.25, 0.3) is 5.91 Å². The maximum absolute atomic E-state index is 11.9. The van der Waals surface area contributed by atoms with Gasteiger partial charge in [-0.25, -0.2) is 0 Å². The first kappa shape index (κ1) is 14.6. The van der Waals surface area contributed by atoms with Crippen molar-refractivity contribution < 1.29 is 18.0 Å². The van der Waals surface area contributed by atoms with Gasteiger partial charge in [-0.15, -0.1) is 11.3 Å². The number of carbonyl (C=O) groups is 1. The Hall–Kier alpha value is -1.44. The van der Waals surface area contributed by atoms with Crippen LogP contribution in [0.3, 0.4) is 0 Å². The zero-order chi connectivity index (χ0) is 13.8. The van der Waals surface area contributed by atoms with Gasteiger partial charge in [-0.1, -0.05) is 0 Å². The Kier molecular flexibility index (Phi) is 4.83. The second-order valence-corrected chi connectivity index (χ2v) is 4.67. The number of hydrogen-bond acceptors (Lipinski definition) is 4. The van der Waals surface area contributed by atoms with Crippen LogP contribution in [-0.2, 0) is 0 Å². The van der Waals surface area contributed by atoms with Crippen LogP contribution in [0.1, 0.15) is 22.5 Å². The molecule has 4 nitrogen and oxygen atoms in total. The van der Waals surface area contributed by atoms with Gasteiger partial charge in [0.05, 0.1) is 10.7 Å². The maximum atomic E-state index is 11.9. The molecular formula is C10H14F3N3OS. The average molecular weight is 281 g/mol. The molecule has 0 saturated heterocycles. The monoisotopic (exact) mass is 281 g/mol. The molecule has 0 bridgehead atoms. The van der Waals surface area contributed by atoms with Crippen LogP contribution >= 0.6 is 11.3 Å². The lowest BCUT2D eigenvalue weighted by atomic mass is 10.3. The molecule has 0 aliphatic carbocycles. The molecule has 0 aromatic carbocycles. The second-order valence-electron chi connectivity index (χ2n) is 3.62. The number of nitrogens with one attached hydrogen (secondary N) is 2. The van der Waals surface area contributed by atoms with E-state index in [1.807, 2.05) is 0 Å². The first-order valence-electron chi connectivity index (χ1n) is 5.25. The number of carbonyl (C=O) groups excluding carboxylic acids is 1. The van der Waals surface area contributed by atoms with Gasteiger partial charge in [0.15, 0.2) is 0 Å². The van der Waals surface area contributed by atoms with Crippen LogP contribution in [0.25, 0.3) is 0 Å². The molecule has 0 aliphatic heterocycles. The Morgan fingerprint density at radius 1 is 1.50 bits per heavy atom. The standard InChI is InChI=1S/C10H14F3N3OS/c1-15-9(17)8-6(14)5-7(18-8)16-4-2-3-10(11,12)13/h5,16H,2-4,14H2,1H3,(H,15,17). The van der Waals surface area contributed by atoms with E-state index < -0.39 is 12.6 Å². The molecule has 18 heavy (non-hydrogen) atoms. The van der Waals surface area contributed by atoms with Crippen LogP contribution in [0, 0.1) is 0 Å². The van der Waals surface area contributed by atoms with E-state index in [-0.39, 0.29) is 18.9 Å². The van der Waals surface area contributed by atoms with E-state index in [1.165, 1.54) is 7.05 Å². The molecule has 8 heteroatoms. The Labute approximate surface area is 106 Å². The number of alkyl halides is 3. The van der Waals surface area contributed by atoms with E-state index in [4.69, 9.17) is 5.73 Å². The van der Waals surface area contributed by atoms with Crippen molar-refractivity contribution in [3.8, 4) is 0 Å². The van der Waals surface area contributed by atoms with E-state index >= 15 is 0 Å². The van der Waals surface area contributed by atoms with Crippen molar-refractivity contribution in [2.24, 2.45) is 0 Å². The molecule has 0 saturated carbocycles. The Balaban J connectivity index is 2.47. The van der Waals surface area contributed by atoms with Gasteiger partial charge in [-0.05, 0) is 12.5 Å². The number of nitrogen functional groups attached to an aromatic ring is 1. The third-order valence-corrected chi connectivity index (χ3v) is 3.24. The Morgan fingerprint density at radius 2 is 2.17 bits per heavy atom. The van der Waals surface area contributed by atoms with Crippen molar-refractivity contribution in [2.75, 3.05) is 24.6 Å². The lowest BCUT2D eigenvalue weighted by Gasteiger charge is -2.06. The Morgan fingerprint density at radius 3 is 2.72 bits per heavy atom. The molecule has 102 valence electrons. The SMILES string of the molecule is CNC(=O)c1sc(NCCCC(F)(F)F)cc1N. The van der Waals surface area contributed by atoms with Crippen molar-refractivity contribution in [3.63, 3.8) is 0 Å². The zero-order valence-electron chi connectivity index (χ0n) is 9.73. The topological polar surface area (TPSA) is 67.2 Å². The molecule has 1 aromatic rings. The minimum absolute atomic E-state index is 0.0172. The van der Waals surface area contributed by atoms with Gasteiger partial charge in [-0.2, -0.15) is 13.2 Å². The molecule has 1 aromatic heterocycles. The van der Waals surface area contributed by atoms with Crippen LogP contribution in [0.15, 0.2) is 6.07 Å². The summed E-state index contributed by atoms with van der Waals surface area (Å²) in [5.74, 6) is -0.305. The number of rotatable bonds is 5. The van der Waals surface area contributed by atoms with Gasteiger partial charge in [0.2, 0.25) is 0 Å². The largest absolute Gasteiger partial charge is 0.397 e. The molecule has 0 fully saturated rings. The molecule has 4 N–H and O–H groups in total. The lowest BCUT2D eigenvalue weighted by molar-refractivity contribution is -0.134. The van der Waals surface area contributed by atoms with Crippen LogP contribution in [0.2, 0.25) is 0 Å². The minimum Gasteiger partial charge on any atom is -0.397 e. The van der Waals surface area contributed by atoms with Crippen LogP contribution < -0.4 is 16.4 Å². The van der Waals surface area contributed by atoms with Gasteiger partial charge in [0.1, 0.15) is 4.88 Å². The van der Waals surface area contributed by atoms with Gasteiger partial charge in [0, 0.05) is 20.0 Å². The summed E-state index contributed by atoms with van der Waals surface area (Å²) in [6, 6.07) is 1.54.